The maximum Gasteiger partial charge on any atom is 0.228 e. The first-order chi connectivity index (χ1) is 15.4. The predicted molar refractivity (Wildman–Crippen MR) is 137 cm³/mol. The van der Waals surface area contributed by atoms with E-state index in [-0.39, 0.29) is 0 Å². The van der Waals surface area contributed by atoms with E-state index in [0.717, 1.165) is 45.4 Å². The summed E-state index contributed by atoms with van der Waals surface area (Å²) in [6, 6.07) is 8.09. The molecule has 0 radical (unpaired) electrons. The van der Waals surface area contributed by atoms with Crippen molar-refractivity contribution in [2.24, 2.45) is 9.98 Å². The number of allylic oxidation sites excluding steroid dienone is 2. The van der Waals surface area contributed by atoms with Crippen molar-refractivity contribution in [2.75, 3.05) is 18.9 Å². The highest BCUT2D eigenvalue weighted by Gasteiger charge is 2.15. The molecule has 1 aromatic heterocycles. The summed E-state index contributed by atoms with van der Waals surface area (Å²) in [5.41, 5.74) is 6.32. The van der Waals surface area contributed by atoms with Gasteiger partial charge in [-0.1, -0.05) is 30.3 Å². The second kappa shape index (κ2) is 11.0. The number of aliphatic imine (C=N–C) groups is 2. The van der Waals surface area contributed by atoms with Crippen LogP contribution in [-0.2, 0) is 0 Å². The minimum absolute atomic E-state index is 0.525. The molecule has 2 N–H and O–H groups in total. The smallest absolute Gasteiger partial charge is 0.228 e. The minimum atomic E-state index is 0.525. The quantitative estimate of drug-likeness (QED) is 0.294. The Labute approximate surface area is 198 Å². The van der Waals surface area contributed by atoms with Crippen molar-refractivity contribution in [2.45, 2.75) is 25.2 Å². The fraction of sp³-hybridized carbons (Fsp3) is 0.208. The number of dihydropyridines is 1. The van der Waals surface area contributed by atoms with Crippen molar-refractivity contribution >= 4 is 46.4 Å². The third kappa shape index (κ3) is 5.81. The second-order valence-corrected chi connectivity index (χ2v) is 8.29. The Balaban J connectivity index is 1.81. The Morgan fingerprint density at radius 1 is 1.31 bits per heavy atom. The van der Waals surface area contributed by atoms with Crippen LogP contribution in [-0.4, -0.2) is 30.7 Å². The second-order valence-electron chi connectivity index (χ2n) is 7.01. The molecule has 1 aliphatic rings. The van der Waals surface area contributed by atoms with Crippen molar-refractivity contribution in [3.05, 3.63) is 77.2 Å². The van der Waals surface area contributed by atoms with Crippen LogP contribution >= 0.6 is 23.5 Å². The van der Waals surface area contributed by atoms with E-state index in [4.69, 9.17) is 21.3 Å². The number of anilines is 1. The van der Waals surface area contributed by atoms with Gasteiger partial charge < -0.3 is 14.8 Å². The molecule has 0 atom stereocenters. The number of benzene rings is 1. The van der Waals surface area contributed by atoms with Crippen molar-refractivity contribution in [1.82, 2.24) is 10.3 Å². The number of amidine groups is 1. The lowest BCUT2D eigenvalue weighted by Crippen LogP contribution is -2.15. The van der Waals surface area contributed by atoms with Gasteiger partial charge in [-0.2, -0.15) is 0 Å². The number of methoxy groups -OCH3 is 1. The molecule has 0 fully saturated rings. The van der Waals surface area contributed by atoms with E-state index in [1.165, 1.54) is 17.5 Å². The third-order valence-electron chi connectivity index (χ3n) is 4.80. The highest BCUT2D eigenvalue weighted by molar-refractivity contribution is 8.00. The number of nitrogens with zero attached hydrogens (tertiary/aromatic N) is 3. The molecule has 0 saturated carbocycles. The summed E-state index contributed by atoms with van der Waals surface area (Å²) in [7, 11) is 3.33. The van der Waals surface area contributed by atoms with Crippen molar-refractivity contribution in [3.8, 4) is 5.88 Å². The van der Waals surface area contributed by atoms with E-state index >= 15 is 0 Å². The zero-order chi connectivity index (χ0) is 23.1. The molecule has 0 amide bonds. The number of rotatable bonds is 7. The highest BCUT2D eigenvalue weighted by Crippen LogP contribution is 2.33. The van der Waals surface area contributed by atoms with E-state index in [2.05, 4.69) is 51.7 Å². The van der Waals surface area contributed by atoms with Gasteiger partial charge in [-0.15, -0.1) is 0 Å². The monoisotopic (exact) mass is 467 g/mol. The SMILES string of the molecule is C=CNC(/C=C1\CC=C(c2cc(NSc3cc(Cl)cnc3OC)ccc2C)C(C)=N1)=NC. The lowest BCUT2D eigenvalue weighted by atomic mass is 9.94. The first-order valence-corrected chi connectivity index (χ1v) is 11.2. The molecule has 1 aromatic carbocycles. The van der Waals surface area contributed by atoms with Gasteiger partial charge in [0.15, 0.2) is 0 Å². The van der Waals surface area contributed by atoms with Crippen LogP contribution in [0.5, 0.6) is 5.88 Å². The van der Waals surface area contributed by atoms with Crippen LogP contribution in [0.25, 0.3) is 5.57 Å². The van der Waals surface area contributed by atoms with Gasteiger partial charge in [0.2, 0.25) is 5.88 Å². The number of aromatic nitrogens is 1. The summed E-state index contributed by atoms with van der Waals surface area (Å²) < 4.78 is 8.69. The average molecular weight is 468 g/mol. The Morgan fingerprint density at radius 2 is 2.12 bits per heavy atom. The number of nitrogens with one attached hydrogen (secondary N) is 2. The minimum Gasteiger partial charge on any atom is -0.480 e. The third-order valence-corrected chi connectivity index (χ3v) is 5.85. The molecular formula is C24H26ClN5OS. The van der Waals surface area contributed by atoms with Crippen molar-refractivity contribution in [1.29, 1.82) is 0 Å². The largest absolute Gasteiger partial charge is 0.480 e. The molecule has 8 heteroatoms. The van der Waals surface area contributed by atoms with Crippen LogP contribution in [0.2, 0.25) is 5.02 Å². The van der Waals surface area contributed by atoms with Crippen LogP contribution in [0.1, 0.15) is 24.5 Å². The van der Waals surface area contributed by atoms with E-state index in [1.807, 2.05) is 25.1 Å². The highest BCUT2D eigenvalue weighted by atomic mass is 35.5. The molecule has 0 spiro atoms. The number of pyridine rings is 1. The molecule has 32 heavy (non-hydrogen) atoms. The number of halogens is 1. The van der Waals surface area contributed by atoms with Gasteiger partial charge in [-0.3, -0.25) is 9.98 Å². The van der Waals surface area contributed by atoms with Gasteiger partial charge in [0, 0.05) is 42.8 Å². The number of hydrogen-bond acceptors (Lipinski definition) is 6. The predicted octanol–water partition coefficient (Wildman–Crippen LogP) is 6.06. The molecule has 3 rings (SSSR count). The van der Waals surface area contributed by atoms with Gasteiger partial charge >= 0.3 is 0 Å². The molecule has 1 aliphatic heterocycles. The summed E-state index contributed by atoms with van der Waals surface area (Å²) >= 11 is 7.49. The Morgan fingerprint density at radius 3 is 2.81 bits per heavy atom. The molecule has 2 aromatic rings. The summed E-state index contributed by atoms with van der Waals surface area (Å²) in [6.07, 6.45) is 8.04. The summed E-state index contributed by atoms with van der Waals surface area (Å²) in [5.74, 6) is 1.26. The topological polar surface area (TPSA) is 70.9 Å². The zero-order valence-electron chi connectivity index (χ0n) is 18.6. The Bertz CT molecular complexity index is 1140. The molecular weight excluding hydrogens is 442 g/mol. The fourth-order valence-corrected chi connectivity index (χ4v) is 4.22. The first kappa shape index (κ1) is 23.6. The van der Waals surface area contributed by atoms with Crippen molar-refractivity contribution < 1.29 is 4.74 Å². The standard InChI is InChI=1S/C24H26ClN5OS/c1-6-27-23(26-4)13-18-9-10-20(16(3)29-18)21-12-19(8-7-15(21)2)30-32-22-11-17(25)14-28-24(22)31-5/h6-8,10-14,30H,1,9H2,2-5H3,(H,26,27)/b18-13+. The van der Waals surface area contributed by atoms with E-state index in [1.54, 1.807) is 26.6 Å². The molecule has 0 bridgehead atoms. The molecule has 0 saturated heterocycles. The molecule has 2 heterocycles. The maximum absolute atomic E-state index is 6.09. The summed E-state index contributed by atoms with van der Waals surface area (Å²) in [6.45, 7) is 7.81. The van der Waals surface area contributed by atoms with Crippen LogP contribution in [0.4, 0.5) is 5.69 Å². The van der Waals surface area contributed by atoms with Gasteiger partial charge in [0.05, 0.1) is 17.0 Å². The lowest BCUT2D eigenvalue weighted by Gasteiger charge is -2.18. The van der Waals surface area contributed by atoms with Crippen LogP contribution < -0.4 is 14.8 Å². The molecule has 6 nitrogen and oxygen atoms in total. The first-order valence-electron chi connectivity index (χ1n) is 9.99. The molecule has 166 valence electrons. The average Bonchev–Trinajstić information content (AvgIpc) is 2.78. The number of aryl methyl sites for hydroxylation is 1. The lowest BCUT2D eigenvalue weighted by molar-refractivity contribution is 0.387. The van der Waals surface area contributed by atoms with Gasteiger partial charge in [0.1, 0.15) is 5.84 Å². The summed E-state index contributed by atoms with van der Waals surface area (Å²) in [5, 5.41) is 3.57. The van der Waals surface area contributed by atoms with Crippen LogP contribution in [0.3, 0.4) is 0 Å². The molecule has 0 aliphatic carbocycles. The summed E-state index contributed by atoms with van der Waals surface area (Å²) in [4.78, 5) is 14.0. The fourth-order valence-electron chi connectivity index (χ4n) is 3.23. The maximum atomic E-state index is 6.09. The van der Waals surface area contributed by atoms with Gasteiger partial charge in [-0.05, 0) is 66.9 Å². The Kier molecular flexibility index (Phi) is 8.14. The van der Waals surface area contributed by atoms with Gasteiger partial charge in [-0.25, -0.2) is 4.98 Å². The van der Waals surface area contributed by atoms with E-state index in [9.17, 15) is 0 Å². The Hall–Kier alpha value is -3.03. The molecule has 0 unspecified atom stereocenters. The van der Waals surface area contributed by atoms with Crippen molar-refractivity contribution in [3.63, 3.8) is 0 Å². The number of ether oxygens (including phenoxy) is 1. The zero-order valence-corrected chi connectivity index (χ0v) is 20.1. The normalized spacial score (nSPS) is 15.2. The number of hydrogen-bond donors (Lipinski definition) is 2. The van der Waals surface area contributed by atoms with Gasteiger partial charge in [0.25, 0.3) is 0 Å². The van der Waals surface area contributed by atoms with E-state index in [0.29, 0.717) is 10.9 Å². The van der Waals surface area contributed by atoms with Crippen LogP contribution in [0.15, 0.2) is 76.0 Å². The van der Waals surface area contributed by atoms with Crippen LogP contribution in [0, 0.1) is 6.92 Å². The van der Waals surface area contributed by atoms with E-state index < -0.39 is 0 Å².